The first-order valence-corrected chi connectivity index (χ1v) is 13.4. The van der Waals surface area contributed by atoms with Crippen molar-refractivity contribution in [3.63, 3.8) is 0 Å². The first-order chi connectivity index (χ1) is 18.0. The highest BCUT2D eigenvalue weighted by molar-refractivity contribution is 7.99. The third-order valence-electron chi connectivity index (χ3n) is 6.35. The van der Waals surface area contributed by atoms with Gasteiger partial charge in [-0.15, -0.1) is 0 Å². The molecule has 1 fully saturated rings. The lowest BCUT2D eigenvalue weighted by molar-refractivity contribution is -0.645. The van der Waals surface area contributed by atoms with Crippen LogP contribution < -0.4 is 15.4 Å². The van der Waals surface area contributed by atoms with Gasteiger partial charge in [0.05, 0.1) is 18.8 Å². The maximum absolute atomic E-state index is 12.1. The van der Waals surface area contributed by atoms with Crippen LogP contribution in [0.4, 0.5) is 4.79 Å². The number of pyridine rings is 1. The Morgan fingerprint density at radius 3 is 2.38 bits per heavy atom. The van der Waals surface area contributed by atoms with Gasteiger partial charge >= 0.3 is 6.03 Å². The van der Waals surface area contributed by atoms with Crippen LogP contribution in [0.3, 0.4) is 0 Å². The first-order valence-electron chi connectivity index (χ1n) is 12.4. The lowest BCUT2D eigenvalue weighted by atomic mass is 9.91. The Hall–Kier alpha value is -3.11. The molecule has 1 aliphatic rings. The van der Waals surface area contributed by atoms with Crippen molar-refractivity contribution in [2.24, 2.45) is 5.92 Å². The van der Waals surface area contributed by atoms with Crippen LogP contribution in [-0.4, -0.2) is 29.5 Å². The van der Waals surface area contributed by atoms with Crippen molar-refractivity contribution in [2.45, 2.75) is 50.5 Å². The molecule has 1 aromatic heterocycles. The minimum absolute atomic E-state index is 0.0139. The number of carbonyl (C=O) groups is 1. The molecular formula is C28H33N3O5S. The monoisotopic (exact) mass is 523 g/mol. The fourth-order valence-corrected chi connectivity index (χ4v) is 5.28. The quantitative estimate of drug-likeness (QED) is 0.220. The lowest BCUT2D eigenvalue weighted by Crippen LogP contribution is -2.39. The third-order valence-corrected chi connectivity index (χ3v) is 7.46. The van der Waals surface area contributed by atoms with E-state index in [1.165, 1.54) is 18.0 Å². The summed E-state index contributed by atoms with van der Waals surface area (Å²) in [7, 11) is 0. The number of urea groups is 1. The maximum atomic E-state index is 12.1. The zero-order chi connectivity index (χ0) is 26.2. The SMILES string of the molecule is CCNC(=O)NCc1ccc(C2O[C@H](CSc3cccc[n+]3[O-])[C@H](C)[C@H](c3ccc(CO)cc3)O2)cc1. The van der Waals surface area contributed by atoms with Crippen LogP contribution in [0.2, 0.25) is 0 Å². The van der Waals surface area contributed by atoms with Crippen LogP contribution in [0.25, 0.3) is 0 Å². The number of aromatic nitrogens is 1. The van der Waals surface area contributed by atoms with Crippen molar-refractivity contribution in [3.05, 3.63) is 100 Å². The molecular weight excluding hydrogens is 490 g/mol. The van der Waals surface area contributed by atoms with Gasteiger partial charge in [0.25, 0.3) is 5.03 Å². The summed E-state index contributed by atoms with van der Waals surface area (Å²) in [4.78, 5) is 11.7. The zero-order valence-electron chi connectivity index (χ0n) is 21.0. The van der Waals surface area contributed by atoms with E-state index in [1.54, 1.807) is 12.1 Å². The standard InChI is InChI=1S/C28H33N3O5S/c1-3-29-28(33)30-16-20-7-13-23(14-8-20)27-35-24(18-37-25-6-4-5-15-31(25)34)19(2)26(36-27)22-11-9-21(17-32)10-12-22/h4-15,19,24,26-27,32H,3,16-18H2,1-2H3,(H2,29,30,33)/t19-,24+,26+,27?/m0/s1. The number of carbonyl (C=O) groups excluding carboxylic acids is 1. The van der Waals surface area contributed by atoms with E-state index in [4.69, 9.17) is 9.47 Å². The topological polar surface area (TPSA) is 107 Å². The molecule has 3 N–H and O–H groups in total. The summed E-state index contributed by atoms with van der Waals surface area (Å²) in [5.74, 6) is 0.612. The molecule has 8 nitrogen and oxygen atoms in total. The van der Waals surface area contributed by atoms with E-state index in [0.29, 0.717) is 23.9 Å². The summed E-state index contributed by atoms with van der Waals surface area (Å²) in [6.45, 7) is 4.94. The molecule has 196 valence electrons. The van der Waals surface area contributed by atoms with Crippen LogP contribution in [0, 0.1) is 11.1 Å². The van der Waals surface area contributed by atoms with Gasteiger partial charge in [0.15, 0.2) is 12.5 Å². The van der Waals surface area contributed by atoms with Crippen LogP contribution >= 0.6 is 11.8 Å². The molecule has 0 saturated carbocycles. The number of ether oxygens (including phenoxy) is 2. The molecule has 1 unspecified atom stereocenters. The Bertz CT molecular complexity index is 1160. The molecule has 0 radical (unpaired) electrons. The predicted octanol–water partition coefficient (Wildman–Crippen LogP) is 4.22. The molecule has 3 aromatic rings. The molecule has 37 heavy (non-hydrogen) atoms. The number of aliphatic hydroxyl groups is 1. The predicted molar refractivity (Wildman–Crippen MR) is 141 cm³/mol. The van der Waals surface area contributed by atoms with E-state index >= 15 is 0 Å². The molecule has 0 spiro atoms. The Morgan fingerprint density at radius 2 is 1.70 bits per heavy atom. The molecule has 0 aliphatic carbocycles. The zero-order valence-corrected chi connectivity index (χ0v) is 21.8. The highest BCUT2D eigenvalue weighted by atomic mass is 32.2. The minimum Gasteiger partial charge on any atom is -0.618 e. The second-order valence-corrected chi connectivity index (χ2v) is 9.99. The van der Waals surface area contributed by atoms with E-state index in [0.717, 1.165) is 27.0 Å². The fourth-order valence-electron chi connectivity index (χ4n) is 4.20. The molecule has 1 aliphatic heterocycles. The van der Waals surface area contributed by atoms with Gasteiger partial charge in [0, 0.05) is 42.5 Å². The summed E-state index contributed by atoms with van der Waals surface area (Å²) in [5, 5.41) is 27.7. The van der Waals surface area contributed by atoms with Gasteiger partial charge in [-0.1, -0.05) is 67.2 Å². The van der Waals surface area contributed by atoms with E-state index in [1.807, 2.05) is 61.5 Å². The Morgan fingerprint density at radius 1 is 1.00 bits per heavy atom. The van der Waals surface area contributed by atoms with Crippen molar-refractivity contribution >= 4 is 17.8 Å². The van der Waals surface area contributed by atoms with E-state index in [2.05, 4.69) is 17.6 Å². The van der Waals surface area contributed by atoms with E-state index in [9.17, 15) is 15.1 Å². The van der Waals surface area contributed by atoms with E-state index < -0.39 is 6.29 Å². The first kappa shape index (κ1) is 26.9. The number of amides is 2. The summed E-state index contributed by atoms with van der Waals surface area (Å²) in [6.07, 6.45) is 0.495. The second-order valence-electron chi connectivity index (χ2n) is 8.95. The van der Waals surface area contributed by atoms with Crippen LogP contribution in [0.15, 0.2) is 78.0 Å². The van der Waals surface area contributed by atoms with Crippen molar-refractivity contribution in [1.29, 1.82) is 0 Å². The molecule has 4 atom stereocenters. The molecule has 2 aromatic carbocycles. The molecule has 1 saturated heterocycles. The van der Waals surface area contributed by atoms with Crippen molar-refractivity contribution in [1.82, 2.24) is 10.6 Å². The molecule has 9 heteroatoms. The Kier molecular flexibility index (Phi) is 9.40. The van der Waals surface area contributed by atoms with Crippen molar-refractivity contribution in [3.8, 4) is 0 Å². The number of thioether (sulfide) groups is 1. The lowest BCUT2D eigenvalue weighted by Gasteiger charge is -2.41. The van der Waals surface area contributed by atoms with Gasteiger partial charge in [-0.05, 0) is 29.7 Å². The number of rotatable bonds is 9. The molecule has 0 bridgehead atoms. The Labute approximate surface area is 221 Å². The van der Waals surface area contributed by atoms with Gasteiger partial charge in [0.1, 0.15) is 0 Å². The van der Waals surface area contributed by atoms with Crippen molar-refractivity contribution in [2.75, 3.05) is 12.3 Å². The van der Waals surface area contributed by atoms with Crippen molar-refractivity contribution < 1.29 is 24.1 Å². The molecule has 4 rings (SSSR count). The van der Waals surface area contributed by atoms with Crippen LogP contribution in [0.5, 0.6) is 0 Å². The smallest absolute Gasteiger partial charge is 0.315 e. The van der Waals surface area contributed by atoms with Gasteiger partial charge in [-0.3, -0.25) is 0 Å². The van der Waals surface area contributed by atoms with E-state index in [-0.39, 0.29) is 30.8 Å². The number of hydrogen-bond donors (Lipinski definition) is 3. The van der Waals surface area contributed by atoms with Gasteiger partial charge in [-0.25, -0.2) is 4.79 Å². The summed E-state index contributed by atoms with van der Waals surface area (Å²) in [6, 6.07) is 20.7. The summed E-state index contributed by atoms with van der Waals surface area (Å²) < 4.78 is 13.8. The van der Waals surface area contributed by atoms with Gasteiger partial charge in [0.2, 0.25) is 0 Å². The average Bonchev–Trinajstić information content (AvgIpc) is 2.93. The number of hydrogen-bond acceptors (Lipinski definition) is 6. The highest BCUT2D eigenvalue weighted by Crippen LogP contribution is 2.42. The van der Waals surface area contributed by atoms with Gasteiger partial charge in [-0.2, -0.15) is 4.73 Å². The average molecular weight is 524 g/mol. The third kappa shape index (κ3) is 7.01. The molecule has 2 amide bonds. The van der Waals surface area contributed by atoms with Gasteiger partial charge < -0.3 is 30.4 Å². The summed E-state index contributed by atoms with van der Waals surface area (Å²) in [5.41, 5.74) is 3.69. The number of nitrogens with one attached hydrogen (secondary N) is 2. The number of benzene rings is 2. The molecule has 2 heterocycles. The number of nitrogens with zero attached hydrogens (tertiary/aromatic N) is 1. The second kappa shape index (κ2) is 12.9. The number of aliphatic hydroxyl groups excluding tert-OH is 1. The maximum Gasteiger partial charge on any atom is 0.315 e. The van der Waals surface area contributed by atoms with Crippen LogP contribution in [0.1, 0.15) is 48.5 Å². The van der Waals surface area contributed by atoms with Crippen LogP contribution in [-0.2, 0) is 22.6 Å². The highest BCUT2D eigenvalue weighted by Gasteiger charge is 2.38. The summed E-state index contributed by atoms with van der Waals surface area (Å²) >= 11 is 1.46. The minimum atomic E-state index is -0.593. The Balaban J connectivity index is 1.52. The largest absolute Gasteiger partial charge is 0.618 e. The fraction of sp³-hybridized carbons (Fsp3) is 0.357. The normalized spacial score (nSPS) is 21.4.